The van der Waals surface area contributed by atoms with Crippen LogP contribution in [0.1, 0.15) is 5.56 Å². The molecule has 108 valence electrons. The lowest BCUT2D eigenvalue weighted by molar-refractivity contribution is -0.385. The van der Waals surface area contributed by atoms with E-state index >= 15 is 0 Å². The maximum Gasteiger partial charge on any atom is 0.282 e. The zero-order valence-corrected chi connectivity index (χ0v) is 12.0. The van der Waals surface area contributed by atoms with Crippen LogP contribution in [-0.4, -0.2) is 38.9 Å². The van der Waals surface area contributed by atoms with E-state index in [9.17, 15) is 14.9 Å². The van der Waals surface area contributed by atoms with Crippen molar-refractivity contribution < 1.29 is 19.2 Å². The van der Waals surface area contributed by atoms with Gasteiger partial charge in [0.15, 0.2) is 15.8 Å². The van der Waals surface area contributed by atoms with Gasteiger partial charge in [-0.15, -0.1) is 0 Å². The Kier molecular flexibility index (Phi) is 3.47. The molecule has 0 radical (unpaired) electrons. The van der Waals surface area contributed by atoms with E-state index in [0.29, 0.717) is 15.8 Å². The quantitative estimate of drug-likeness (QED) is 0.360. The molecule has 0 spiro atoms. The molecular formula is C11H7N3O5S2. The topological polar surface area (TPSA) is 94.3 Å². The van der Waals surface area contributed by atoms with Crippen molar-refractivity contribution >= 4 is 46.1 Å². The first-order valence-electron chi connectivity index (χ1n) is 5.68. The minimum absolute atomic E-state index is 0.0123. The van der Waals surface area contributed by atoms with Crippen molar-refractivity contribution in [3.63, 3.8) is 0 Å². The zero-order chi connectivity index (χ0) is 15.0. The number of thioether (sulfide) groups is 1. The van der Waals surface area contributed by atoms with E-state index in [-0.39, 0.29) is 29.7 Å². The van der Waals surface area contributed by atoms with Crippen LogP contribution >= 0.6 is 24.0 Å². The van der Waals surface area contributed by atoms with Gasteiger partial charge in [-0.1, -0.05) is 24.0 Å². The standard InChI is InChI=1S/C11H7N3O5S2/c15-10-4-21-11(20)13(10)12-3-6-1-8-9(19-5-18-8)2-7(6)14(16)17/h1-3H,4-5H2/b12-3+. The van der Waals surface area contributed by atoms with Crippen molar-refractivity contribution in [3.8, 4) is 11.5 Å². The van der Waals surface area contributed by atoms with E-state index in [2.05, 4.69) is 5.10 Å². The first kappa shape index (κ1) is 13.8. The second kappa shape index (κ2) is 5.30. The molecule has 0 bridgehead atoms. The molecule has 1 aromatic rings. The van der Waals surface area contributed by atoms with Gasteiger partial charge in [-0.25, -0.2) is 0 Å². The highest BCUT2D eigenvalue weighted by Gasteiger charge is 2.27. The Morgan fingerprint density at radius 1 is 1.43 bits per heavy atom. The average Bonchev–Trinajstić information content (AvgIpc) is 3.02. The summed E-state index contributed by atoms with van der Waals surface area (Å²) in [6, 6.07) is 2.71. The predicted molar refractivity (Wildman–Crippen MR) is 78.7 cm³/mol. The van der Waals surface area contributed by atoms with Crippen LogP contribution in [0, 0.1) is 10.1 Å². The molecule has 1 amide bonds. The summed E-state index contributed by atoms with van der Waals surface area (Å²) in [4.78, 5) is 22.1. The summed E-state index contributed by atoms with van der Waals surface area (Å²) in [5.41, 5.74) is 0.0185. The van der Waals surface area contributed by atoms with E-state index < -0.39 is 4.92 Å². The number of rotatable bonds is 3. The highest BCUT2D eigenvalue weighted by Crippen LogP contribution is 2.37. The largest absolute Gasteiger partial charge is 0.454 e. The number of fused-ring (bicyclic) bond motifs is 1. The van der Waals surface area contributed by atoms with Gasteiger partial charge in [-0.2, -0.15) is 10.1 Å². The Morgan fingerprint density at radius 2 is 2.14 bits per heavy atom. The number of ether oxygens (including phenoxy) is 2. The fourth-order valence-electron chi connectivity index (χ4n) is 1.79. The summed E-state index contributed by atoms with van der Waals surface area (Å²) in [7, 11) is 0. The molecule has 3 rings (SSSR count). The highest BCUT2D eigenvalue weighted by atomic mass is 32.2. The summed E-state index contributed by atoms with van der Waals surface area (Å²) < 4.78 is 10.6. The van der Waals surface area contributed by atoms with Crippen LogP contribution in [0.15, 0.2) is 17.2 Å². The van der Waals surface area contributed by atoms with Gasteiger partial charge in [0.1, 0.15) is 0 Å². The van der Waals surface area contributed by atoms with Gasteiger partial charge < -0.3 is 9.47 Å². The summed E-state index contributed by atoms with van der Waals surface area (Å²) in [5, 5.41) is 16.1. The van der Waals surface area contributed by atoms with Crippen molar-refractivity contribution in [3.05, 3.63) is 27.8 Å². The molecular weight excluding hydrogens is 318 g/mol. The van der Waals surface area contributed by atoms with Crippen molar-refractivity contribution in [1.29, 1.82) is 0 Å². The van der Waals surface area contributed by atoms with Crippen molar-refractivity contribution in [2.75, 3.05) is 12.5 Å². The fraction of sp³-hybridized carbons (Fsp3) is 0.182. The Bertz CT molecular complexity index is 675. The van der Waals surface area contributed by atoms with E-state index in [4.69, 9.17) is 21.7 Å². The van der Waals surface area contributed by atoms with Crippen LogP contribution in [0.4, 0.5) is 5.69 Å². The first-order chi connectivity index (χ1) is 10.1. The number of hydrogen-bond donors (Lipinski definition) is 0. The SMILES string of the molecule is O=C1CSC(=S)N1/N=C/c1cc2c(cc1[N+](=O)[O-])OCO2. The molecule has 1 fully saturated rings. The van der Waals surface area contributed by atoms with Crippen LogP contribution in [-0.2, 0) is 4.79 Å². The second-order valence-corrected chi connectivity index (χ2v) is 5.64. The van der Waals surface area contributed by atoms with Crippen LogP contribution in [0.5, 0.6) is 11.5 Å². The number of hydrazone groups is 1. The first-order valence-corrected chi connectivity index (χ1v) is 7.07. The van der Waals surface area contributed by atoms with Gasteiger partial charge in [-0.3, -0.25) is 14.9 Å². The third-order valence-electron chi connectivity index (χ3n) is 2.76. The second-order valence-electron chi connectivity index (χ2n) is 4.03. The number of benzene rings is 1. The van der Waals surface area contributed by atoms with Gasteiger partial charge in [-0.05, 0) is 6.07 Å². The number of carbonyl (C=O) groups is 1. The molecule has 8 nitrogen and oxygen atoms in total. The molecule has 0 N–H and O–H groups in total. The van der Waals surface area contributed by atoms with Crippen LogP contribution in [0.2, 0.25) is 0 Å². The number of nitro groups is 1. The van der Waals surface area contributed by atoms with Gasteiger partial charge in [0.25, 0.3) is 11.6 Å². The molecule has 10 heteroatoms. The molecule has 0 saturated carbocycles. The fourth-order valence-corrected chi connectivity index (χ4v) is 2.75. The Balaban J connectivity index is 1.96. The highest BCUT2D eigenvalue weighted by molar-refractivity contribution is 8.23. The van der Waals surface area contributed by atoms with Crippen molar-refractivity contribution in [2.24, 2.45) is 5.10 Å². The van der Waals surface area contributed by atoms with Crippen LogP contribution in [0.3, 0.4) is 0 Å². The number of nitro benzene ring substituents is 1. The molecule has 0 aliphatic carbocycles. The van der Waals surface area contributed by atoms with Gasteiger partial charge in [0.05, 0.1) is 28.5 Å². The molecule has 2 aliphatic heterocycles. The number of carbonyl (C=O) groups excluding carboxylic acids is 1. The molecule has 21 heavy (non-hydrogen) atoms. The maximum absolute atomic E-state index is 11.5. The summed E-state index contributed by atoms with van der Waals surface area (Å²) in [6.45, 7) is 0.0123. The third kappa shape index (κ3) is 2.54. The summed E-state index contributed by atoms with van der Waals surface area (Å²) in [6.07, 6.45) is 1.22. The smallest absolute Gasteiger partial charge is 0.282 e. The number of hydrogen-bond acceptors (Lipinski definition) is 8. The molecule has 1 aromatic carbocycles. The minimum atomic E-state index is -0.553. The van der Waals surface area contributed by atoms with E-state index in [1.54, 1.807) is 0 Å². The van der Waals surface area contributed by atoms with E-state index in [1.165, 1.54) is 30.1 Å². The average molecular weight is 325 g/mol. The molecule has 0 atom stereocenters. The van der Waals surface area contributed by atoms with Gasteiger partial charge >= 0.3 is 0 Å². The normalized spacial score (nSPS) is 17.0. The third-order valence-corrected chi connectivity index (χ3v) is 4.10. The Morgan fingerprint density at radius 3 is 2.76 bits per heavy atom. The lowest BCUT2D eigenvalue weighted by Gasteiger charge is -2.06. The lowest BCUT2D eigenvalue weighted by Crippen LogP contribution is -2.22. The van der Waals surface area contributed by atoms with E-state index in [0.717, 1.165) is 5.01 Å². The van der Waals surface area contributed by atoms with Crippen LogP contribution < -0.4 is 9.47 Å². The zero-order valence-electron chi connectivity index (χ0n) is 10.3. The molecule has 2 heterocycles. The van der Waals surface area contributed by atoms with Gasteiger partial charge in [0.2, 0.25) is 6.79 Å². The van der Waals surface area contributed by atoms with Gasteiger partial charge in [0, 0.05) is 0 Å². The number of amides is 1. The predicted octanol–water partition coefficient (Wildman–Crippen LogP) is 1.52. The van der Waals surface area contributed by atoms with Crippen molar-refractivity contribution in [2.45, 2.75) is 0 Å². The molecule has 1 saturated heterocycles. The Labute approximate surface area is 127 Å². The number of nitrogens with zero attached hydrogens (tertiary/aromatic N) is 3. The van der Waals surface area contributed by atoms with Crippen molar-refractivity contribution in [1.82, 2.24) is 5.01 Å². The molecule has 0 aromatic heterocycles. The molecule has 0 unspecified atom stereocenters. The molecule has 2 aliphatic rings. The minimum Gasteiger partial charge on any atom is -0.454 e. The maximum atomic E-state index is 11.5. The van der Waals surface area contributed by atoms with E-state index in [1.807, 2.05) is 0 Å². The summed E-state index contributed by atoms with van der Waals surface area (Å²) in [5.74, 6) is 0.665. The number of thiocarbonyl (C=S) groups is 1. The summed E-state index contributed by atoms with van der Waals surface area (Å²) >= 11 is 6.17. The van der Waals surface area contributed by atoms with Crippen LogP contribution in [0.25, 0.3) is 0 Å². The lowest BCUT2D eigenvalue weighted by atomic mass is 10.1. The Hall–Kier alpha value is -2.20. The monoisotopic (exact) mass is 325 g/mol.